The van der Waals surface area contributed by atoms with E-state index in [1.807, 2.05) is 0 Å². The Labute approximate surface area is 63.6 Å². The van der Waals surface area contributed by atoms with Crippen LogP contribution in [0.1, 0.15) is 20.3 Å². The molecule has 0 N–H and O–H groups in total. The fraction of sp³-hybridized carbons (Fsp3) is 1.00. The van der Waals surface area contributed by atoms with E-state index in [1.54, 1.807) is 0 Å². The maximum atomic E-state index is 4.34. The van der Waals surface area contributed by atoms with Crippen molar-refractivity contribution in [1.29, 1.82) is 0 Å². The first-order chi connectivity index (χ1) is 4.88. The van der Waals surface area contributed by atoms with Crippen LogP contribution in [0.3, 0.4) is 0 Å². The van der Waals surface area contributed by atoms with Crippen LogP contribution in [0.25, 0.3) is 0 Å². The van der Waals surface area contributed by atoms with Crippen molar-refractivity contribution >= 4 is 0 Å². The molecule has 1 rings (SSSR count). The fourth-order valence-electron chi connectivity index (χ4n) is 1.61. The van der Waals surface area contributed by atoms with E-state index >= 15 is 0 Å². The van der Waals surface area contributed by atoms with Crippen LogP contribution < -0.4 is 5.32 Å². The molecule has 0 saturated carbocycles. The lowest BCUT2D eigenvalue weighted by molar-refractivity contribution is 0.231. The molecule has 0 bridgehead atoms. The van der Waals surface area contributed by atoms with Gasteiger partial charge >= 0.3 is 0 Å². The first-order valence-electron chi connectivity index (χ1n) is 4.25. The Morgan fingerprint density at radius 2 is 2.10 bits per heavy atom. The molecule has 1 heterocycles. The van der Waals surface area contributed by atoms with Gasteiger partial charge in [-0.3, -0.25) is 4.90 Å². The summed E-state index contributed by atoms with van der Waals surface area (Å²) >= 11 is 0. The van der Waals surface area contributed by atoms with Crippen molar-refractivity contribution < 1.29 is 0 Å². The molecule has 1 aliphatic rings. The highest BCUT2D eigenvalue weighted by Crippen LogP contribution is 2.07. The molecule has 0 amide bonds. The Bertz CT molecular complexity index is 83.3. The smallest absolute Gasteiger partial charge is 0.0290 e. The molecule has 0 aromatic heterocycles. The van der Waals surface area contributed by atoms with Gasteiger partial charge in [0.2, 0.25) is 0 Å². The first kappa shape index (κ1) is 8.02. The standard InChI is InChI=1S/C8H17N2/c1-3-10(4-2)8-5-6-9-7-8/h8H,3-7H2,1-2H3/t8-/m0/s1. The minimum absolute atomic E-state index is 0.759. The van der Waals surface area contributed by atoms with Crippen molar-refractivity contribution in [2.24, 2.45) is 0 Å². The average molecular weight is 141 g/mol. The quantitative estimate of drug-likeness (QED) is 0.565. The van der Waals surface area contributed by atoms with Gasteiger partial charge in [0.05, 0.1) is 0 Å². The topological polar surface area (TPSA) is 17.3 Å². The predicted octanol–water partition coefficient (Wildman–Crippen LogP) is 0.705. The highest BCUT2D eigenvalue weighted by atomic mass is 15.2. The summed E-state index contributed by atoms with van der Waals surface area (Å²) < 4.78 is 0. The van der Waals surface area contributed by atoms with E-state index < -0.39 is 0 Å². The Morgan fingerprint density at radius 1 is 1.40 bits per heavy atom. The zero-order chi connectivity index (χ0) is 7.40. The molecule has 10 heavy (non-hydrogen) atoms. The highest BCUT2D eigenvalue weighted by molar-refractivity contribution is 4.78. The molecule has 1 radical (unpaired) electrons. The molecular formula is C8H17N2. The Balaban J connectivity index is 2.29. The van der Waals surface area contributed by atoms with E-state index in [9.17, 15) is 0 Å². The number of hydrogen-bond donors (Lipinski definition) is 0. The summed E-state index contributed by atoms with van der Waals surface area (Å²) in [5.41, 5.74) is 0. The molecule has 0 spiro atoms. The van der Waals surface area contributed by atoms with Crippen LogP contribution in [0, 0.1) is 0 Å². The second-order valence-corrected chi connectivity index (χ2v) is 2.79. The van der Waals surface area contributed by atoms with Crippen LogP contribution in [-0.2, 0) is 0 Å². The normalized spacial score (nSPS) is 26.1. The van der Waals surface area contributed by atoms with Gasteiger partial charge < -0.3 is 0 Å². The van der Waals surface area contributed by atoms with Gasteiger partial charge in [0.1, 0.15) is 0 Å². The minimum atomic E-state index is 0.759. The molecule has 0 aliphatic carbocycles. The highest BCUT2D eigenvalue weighted by Gasteiger charge is 2.19. The molecule has 1 atom stereocenters. The monoisotopic (exact) mass is 141 g/mol. The molecule has 59 valence electrons. The molecule has 1 saturated heterocycles. The van der Waals surface area contributed by atoms with Gasteiger partial charge in [0.15, 0.2) is 0 Å². The molecule has 1 fully saturated rings. The number of nitrogens with zero attached hydrogens (tertiary/aromatic N) is 2. The van der Waals surface area contributed by atoms with Crippen molar-refractivity contribution in [3.63, 3.8) is 0 Å². The zero-order valence-electron chi connectivity index (χ0n) is 7.01. The third-order valence-electron chi connectivity index (χ3n) is 2.29. The lowest BCUT2D eigenvalue weighted by Gasteiger charge is -2.24. The van der Waals surface area contributed by atoms with Gasteiger partial charge in [-0.15, -0.1) is 0 Å². The van der Waals surface area contributed by atoms with Gasteiger partial charge in [-0.05, 0) is 19.5 Å². The third-order valence-corrected chi connectivity index (χ3v) is 2.29. The van der Waals surface area contributed by atoms with Gasteiger partial charge in [0.25, 0.3) is 0 Å². The minimum Gasteiger partial charge on any atom is -0.300 e. The Kier molecular flexibility index (Phi) is 3.16. The van der Waals surface area contributed by atoms with Crippen molar-refractivity contribution in [2.45, 2.75) is 26.3 Å². The summed E-state index contributed by atoms with van der Waals surface area (Å²) in [6, 6.07) is 0.759. The Hall–Kier alpha value is -0.0800. The van der Waals surface area contributed by atoms with Crippen LogP contribution in [0.2, 0.25) is 0 Å². The van der Waals surface area contributed by atoms with Gasteiger partial charge in [0, 0.05) is 19.1 Å². The summed E-state index contributed by atoms with van der Waals surface area (Å²) in [7, 11) is 0. The van der Waals surface area contributed by atoms with Gasteiger partial charge in [-0.1, -0.05) is 13.8 Å². The van der Waals surface area contributed by atoms with E-state index in [4.69, 9.17) is 0 Å². The van der Waals surface area contributed by atoms with E-state index in [0.29, 0.717) is 0 Å². The summed E-state index contributed by atoms with van der Waals surface area (Å²) in [4.78, 5) is 2.50. The fourth-order valence-corrected chi connectivity index (χ4v) is 1.61. The summed E-state index contributed by atoms with van der Waals surface area (Å²) in [6.45, 7) is 8.96. The number of hydrogen-bond acceptors (Lipinski definition) is 1. The maximum Gasteiger partial charge on any atom is 0.0290 e. The van der Waals surface area contributed by atoms with E-state index in [1.165, 1.54) is 19.5 Å². The lowest BCUT2D eigenvalue weighted by Crippen LogP contribution is -2.35. The lowest BCUT2D eigenvalue weighted by atomic mass is 10.2. The number of likely N-dealkylation sites (N-methyl/N-ethyl adjacent to an activating group) is 1. The molecule has 2 heteroatoms. The summed E-state index contributed by atoms with van der Waals surface area (Å²) in [5, 5.41) is 4.34. The molecular weight excluding hydrogens is 124 g/mol. The average Bonchev–Trinajstić information content (AvgIpc) is 2.43. The van der Waals surface area contributed by atoms with Gasteiger partial charge in [-0.25, -0.2) is 5.32 Å². The third kappa shape index (κ3) is 1.70. The van der Waals surface area contributed by atoms with Crippen molar-refractivity contribution in [3.8, 4) is 0 Å². The van der Waals surface area contributed by atoms with E-state index in [2.05, 4.69) is 24.1 Å². The maximum absolute atomic E-state index is 4.34. The molecule has 1 aliphatic heterocycles. The van der Waals surface area contributed by atoms with Crippen molar-refractivity contribution in [3.05, 3.63) is 0 Å². The van der Waals surface area contributed by atoms with Crippen LogP contribution in [-0.4, -0.2) is 37.1 Å². The number of rotatable bonds is 3. The second-order valence-electron chi connectivity index (χ2n) is 2.79. The molecule has 0 aromatic rings. The molecule has 0 aromatic carbocycles. The Morgan fingerprint density at radius 3 is 2.50 bits per heavy atom. The SMILES string of the molecule is CCN(CC)[C@H]1CC[N]C1. The molecule has 0 unspecified atom stereocenters. The van der Waals surface area contributed by atoms with Crippen molar-refractivity contribution in [2.75, 3.05) is 26.2 Å². The largest absolute Gasteiger partial charge is 0.300 e. The van der Waals surface area contributed by atoms with Gasteiger partial charge in [-0.2, -0.15) is 0 Å². The summed E-state index contributed by atoms with van der Waals surface area (Å²) in [6.07, 6.45) is 1.28. The van der Waals surface area contributed by atoms with Crippen LogP contribution >= 0.6 is 0 Å². The first-order valence-corrected chi connectivity index (χ1v) is 4.25. The zero-order valence-corrected chi connectivity index (χ0v) is 7.01. The summed E-state index contributed by atoms with van der Waals surface area (Å²) in [5.74, 6) is 0. The van der Waals surface area contributed by atoms with Crippen molar-refractivity contribution in [1.82, 2.24) is 10.2 Å². The van der Waals surface area contributed by atoms with Crippen LogP contribution in [0.4, 0.5) is 0 Å². The van der Waals surface area contributed by atoms with Crippen LogP contribution in [0.15, 0.2) is 0 Å². The molecule has 2 nitrogen and oxygen atoms in total. The van der Waals surface area contributed by atoms with Crippen LogP contribution in [0.5, 0.6) is 0 Å². The predicted molar refractivity (Wildman–Crippen MR) is 43.2 cm³/mol. The van der Waals surface area contributed by atoms with E-state index in [0.717, 1.165) is 19.1 Å². The van der Waals surface area contributed by atoms with E-state index in [-0.39, 0.29) is 0 Å². The second kappa shape index (κ2) is 3.94.